The molecule has 0 spiro atoms. The summed E-state index contributed by atoms with van der Waals surface area (Å²) in [5.41, 5.74) is 0.608. The van der Waals surface area contributed by atoms with Crippen LogP contribution in [0.2, 0.25) is 0 Å². The smallest absolute Gasteiger partial charge is 0.235 e. The maximum Gasteiger partial charge on any atom is 0.235 e. The molecule has 0 saturated heterocycles. The van der Waals surface area contributed by atoms with Crippen LogP contribution in [0.4, 0.5) is 0 Å². The second-order valence-corrected chi connectivity index (χ2v) is 6.92. The molecule has 4 heteroatoms. The van der Waals surface area contributed by atoms with Gasteiger partial charge in [-0.05, 0) is 31.2 Å². The molecule has 23 heavy (non-hydrogen) atoms. The molecule has 0 aromatic heterocycles. The van der Waals surface area contributed by atoms with Crippen LogP contribution in [0.1, 0.15) is 50.5 Å². The fraction of sp³-hybridized carbons (Fsp3) is 0.579. The summed E-state index contributed by atoms with van der Waals surface area (Å²) >= 11 is 0. The molecule has 0 heterocycles. The first kappa shape index (κ1) is 16.0. The van der Waals surface area contributed by atoms with E-state index in [2.05, 4.69) is 28.4 Å². The molecule has 122 valence electrons. The summed E-state index contributed by atoms with van der Waals surface area (Å²) in [5, 5.41) is 12.5. The molecule has 1 amide bonds. The number of rotatable bonds is 6. The third-order valence-electron chi connectivity index (χ3n) is 4.94. The van der Waals surface area contributed by atoms with Gasteiger partial charge in [0.2, 0.25) is 5.91 Å². The van der Waals surface area contributed by atoms with E-state index in [0.29, 0.717) is 12.6 Å². The number of hydrogen-bond donors (Lipinski definition) is 1. The van der Waals surface area contributed by atoms with Crippen molar-refractivity contribution < 1.29 is 4.79 Å². The van der Waals surface area contributed by atoms with E-state index in [9.17, 15) is 10.1 Å². The molecular formula is C19H25N3O. The number of nitrogens with zero attached hydrogens (tertiary/aromatic N) is 2. The van der Waals surface area contributed by atoms with Crippen molar-refractivity contribution >= 4 is 5.91 Å². The maximum absolute atomic E-state index is 12.5. The van der Waals surface area contributed by atoms with E-state index in [1.807, 2.05) is 18.2 Å². The van der Waals surface area contributed by atoms with Crippen LogP contribution in [-0.2, 0) is 11.3 Å². The molecule has 0 unspecified atom stereocenters. The summed E-state index contributed by atoms with van der Waals surface area (Å²) in [7, 11) is 0. The number of benzene rings is 1. The van der Waals surface area contributed by atoms with Gasteiger partial charge in [-0.25, -0.2) is 0 Å². The summed E-state index contributed by atoms with van der Waals surface area (Å²) in [6.45, 7) is 1.20. The second-order valence-electron chi connectivity index (χ2n) is 6.92. The molecule has 1 N–H and O–H groups in total. The third-order valence-corrected chi connectivity index (χ3v) is 4.94. The summed E-state index contributed by atoms with van der Waals surface area (Å²) in [6.07, 6.45) is 7.15. The van der Waals surface area contributed by atoms with Crippen LogP contribution in [0.3, 0.4) is 0 Å². The minimum atomic E-state index is -0.628. The van der Waals surface area contributed by atoms with Crippen LogP contribution >= 0.6 is 0 Å². The van der Waals surface area contributed by atoms with Gasteiger partial charge in [0, 0.05) is 12.6 Å². The van der Waals surface area contributed by atoms with Gasteiger partial charge in [0.1, 0.15) is 5.54 Å². The monoisotopic (exact) mass is 311 g/mol. The fourth-order valence-corrected chi connectivity index (χ4v) is 3.48. The van der Waals surface area contributed by atoms with Gasteiger partial charge < -0.3 is 5.32 Å². The van der Waals surface area contributed by atoms with E-state index in [1.165, 1.54) is 24.8 Å². The zero-order chi connectivity index (χ0) is 16.1. The van der Waals surface area contributed by atoms with E-state index >= 15 is 0 Å². The Balaban J connectivity index is 1.59. The standard InChI is InChI=1S/C19H25N3O/c20-15-19(11-5-2-6-12-19)21-18(23)14-22(17-9-10-17)13-16-7-3-1-4-8-16/h1,3-4,7-8,17H,2,5-6,9-14H2,(H,21,23). The molecule has 0 aliphatic heterocycles. The van der Waals surface area contributed by atoms with Crippen molar-refractivity contribution in [2.24, 2.45) is 0 Å². The van der Waals surface area contributed by atoms with Crippen molar-refractivity contribution in [1.29, 1.82) is 5.26 Å². The molecular weight excluding hydrogens is 286 g/mol. The molecule has 0 bridgehead atoms. The third kappa shape index (κ3) is 4.33. The van der Waals surface area contributed by atoms with Crippen molar-refractivity contribution in [3.05, 3.63) is 35.9 Å². The minimum absolute atomic E-state index is 0.00344. The fourth-order valence-electron chi connectivity index (χ4n) is 3.48. The number of amides is 1. The Kier molecular flexibility index (Phi) is 4.97. The van der Waals surface area contributed by atoms with Gasteiger partial charge in [0.25, 0.3) is 0 Å². The molecule has 1 aromatic carbocycles. The average Bonchev–Trinajstić information content (AvgIpc) is 3.41. The largest absolute Gasteiger partial charge is 0.337 e. The molecule has 2 aliphatic carbocycles. The molecule has 1 aromatic rings. The first-order valence-electron chi connectivity index (χ1n) is 8.71. The zero-order valence-corrected chi connectivity index (χ0v) is 13.6. The SMILES string of the molecule is N#CC1(NC(=O)CN(Cc2ccccc2)C2CC2)CCCCC1. The Hall–Kier alpha value is -1.86. The molecule has 2 aliphatic rings. The Morgan fingerprint density at radius 1 is 1.22 bits per heavy atom. The molecule has 0 radical (unpaired) electrons. The van der Waals surface area contributed by atoms with Crippen molar-refractivity contribution in [3.63, 3.8) is 0 Å². The van der Waals surface area contributed by atoms with Crippen molar-refractivity contribution in [1.82, 2.24) is 10.2 Å². The number of carbonyl (C=O) groups is 1. The van der Waals surface area contributed by atoms with Gasteiger partial charge in [-0.2, -0.15) is 5.26 Å². The van der Waals surface area contributed by atoms with Gasteiger partial charge >= 0.3 is 0 Å². The predicted octanol–water partition coefficient (Wildman–Crippen LogP) is 2.99. The van der Waals surface area contributed by atoms with Crippen LogP contribution in [0.25, 0.3) is 0 Å². The first-order chi connectivity index (χ1) is 11.2. The number of hydrogen-bond acceptors (Lipinski definition) is 3. The lowest BCUT2D eigenvalue weighted by Gasteiger charge is -2.32. The summed E-state index contributed by atoms with van der Waals surface area (Å²) in [4.78, 5) is 14.8. The second kappa shape index (κ2) is 7.14. The minimum Gasteiger partial charge on any atom is -0.337 e. The van der Waals surface area contributed by atoms with Gasteiger partial charge in [-0.15, -0.1) is 0 Å². The highest BCUT2D eigenvalue weighted by atomic mass is 16.2. The van der Waals surface area contributed by atoms with Crippen LogP contribution < -0.4 is 5.32 Å². The normalized spacial score (nSPS) is 20.0. The lowest BCUT2D eigenvalue weighted by molar-refractivity contribution is -0.124. The van der Waals surface area contributed by atoms with E-state index in [4.69, 9.17) is 0 Å². The average molecular weight is 311 g/mol. The van der Waals surface area contributed by atoms with Crippen molar-refractivity contribution in [2.75, 3.05) is 6.54 Å². The Morgan fingerprint density at radius 2 is 1.91 bits per heavy atom. The number of carbonyl (C=O) groups excluding carboxylic acids is 1. The molecule has 2 fully saturated rings. The lowest BCUT2D eigenvalue weighted by Crippen LogP contribution is -2.51. The Labute approximate surface area is 138 Å². The van der Waals surface area contributed by atoms with E-state index in [0.717, 1.165) is 32.2 Å². The van der Waals surface area contributed by atoms with E-state index < -0.39 is 5.54 Å². The van der Waals surface area contributed by atoms with Crippen LogP contribution in [0, 0.1) is 11.3 Å². The van der Waals surface area contributed by atoms with E-state index in [-0.39, 0.29) is 5.91 Å². The molecule has 4 nitrogen and oxygen atoms in total. The molecule has 0 atom stereocenters. The highest BCUT2D eigenvalue weighted by Gasteiger charge is 2.35. The van der Waals surface area contributed by atoms with Gasteiger partial charge in [0.15, 0.2) is 0 Å². The summed E-state index contributed by atoms with van der Waals surface area (Å²) in [6, 6.07) is 13.2. The topological polar surface area (TPSA) is 56.1 Å². The molecule has 2 saturated carbocycles. The lowest BCUT2D eigenvalue weighted by atomic mass is 9.83. The van der Waals surface area contributed by atoms with Gasteiger partial charge in [-0.3, -0.25) is 9.69 Å². The van der Waals surface area contributed by atoms with Crippen LogP contribution in [-0.4, -0.2) is 28.9 Å². The molecule has 3 rings (SSSR count). The quantitative estimate of drug-likeness (QED) is 0.878. The van der Waals surface area contributed by atoms with Gasteiger partial charge in [-0.1, -0.05) is 49.6 Å². The van der Waals surface area contributed by atoms with Crippen molar-refractivity contribution in [3.8, 4) is 6.07 Å². The zero-order valence-electron chi connectivity index (χ0n) is 13.6. The Bertz CT molecular complexity index is 568. The van der Waals surface area contributed by atoms with Crippen molar-refractivity contribution in [2.45, 2.75) is 63.1 Å². The van der Waals surface area contributed by atoms with E-state index in [1.54, 1.807) is 0 Å². The van der Waals surface area contributed by atoms with Crippen LogP contribution in [0.5, 0.6) is 0 Å². The van der Waals surface area contributed by atoms with Crippen LogP contribution in [0.15, 0.2) is 30.3 Å². The number of nitrogens with one attached hydrogen (secondary N) is 1. The highest BCUT2D eigenvalue weighted by Crippen LogP contribution is 2.29. The Morgan fingerprint density at radius 3 is 2.52 bits per heavy atom. The summed E-state index contributed by atoms with van der Waals surface area (Å²) in [5.74, 6) is -0.00344. The summed E-state index contributed by atoms with van der Waals surface area (Å²) < 4.78 is 0. The number of nitriles is 1. The van der Waals surface area contributed by atoms with Gasteiger partial charge in [0.05, 0.1) is 12.6 Å². The maximum atomic E-state index is 12.5. The highest BCUT2D eigenvalue weighted by molar-refractivity contribution is 5.79. The first-order valence-corrected chi connectivity index (χ1v) is 8.71. The predicted molar refractivity (Wildman–Crippen MR) is 89.4 cm³/mol.